The van der Waals surface area contributed by atoms with E-state index < -0.39 is 0 Å². The molecule has 1 aromatic heterocycles. The van der Waals surface area contributed by atoms with Crippen molar-refractivity contribution in [3.05, 3.63) is 56.9 Å². The lowest BCUT2D eigenvalue weighted by molar-refractivity contribution is 0.445. The first-order valence-electron chi connectivity index (χ1n) is 6.79. The molecule has 1 saturated carbocycles. The van der Waals surface area contributed by atoms with E-state index >= 15 is 0 Å². The summed E-state index contributed by atoms with van der Waals surface area (Å²) in [5.41, 5.74) is 1.79. The number of benzene rings is 1. The Labute approximate surface area is 126 Å². The zero-order valence-corrected chi connectivity index (χ0v) is 12.6. The number of nitrogens with zero attached hydrogens (tertiary/aromatic N) is 2. The summed E-state index contributed by atoms with van der Waals surface area (Å²) < 4.78 is 2.47. The average molecular weight is 334 g/mol. The molecule has 0 bridgehead atoms. The molecule has 0 saturated heterocycles. The standard InChI is InChI=1S/C15H16BrN3O/c16-14-7-2-1-4-11(14)10-19-15(20)8-13(9-17-19)18-12-5-3-6-12/h1-2,4,7-9,12,18H,3,5-6,10H2. The van der Waals surface area contributed by atoms with Crippen molar-refractivity contribution < 1.29 is 0 Å². The Balaban J connectivity index is 1.77. The molecule has 1 aromatic carbocycles. The smallest absolute Gasteiger partial charge is 0.269 e. The number of aromatic nitrogens is 2. The Morgan fingerprint density at radius 2 is 2.15 bits per heavy atom. The summed E-state index contributed by atoms with van der Waals surface area (Å²) in [4.78, 5) is 12.1. The third-order valence-corrected chi connectivity index (χ3v) is 4.40. The quantitative estimate of drug-likeness (QED) is 0.935. The van der Waals surface area contributed by atoms with Crippen molar-refractivity contribution in [2.75, 3.05) is 5.32 Å². The minimum absolute atomic E-state index is 0.0786. The van der Waals surface area contributed by atoms with Crippen LogP contribution < -0.4 is 10.9 Å². The van der Waals surface area contributed by atoms with Gasteiger partial charge in [0.2, 0.25) is 0 Å². The molecule has 4 nitrogen and oxygen atoms in total. The fraction of sp³-hybridized carbons (Fsp3) is 0.333. The molecule has 1 heterocycles. The topological polar surface area (TPSA) is 46.9 Å². The molecule has 1 aliphatic carbocycles. The van der Waals surface area contributed by atoms with Crippen molar-refractivity contribution in [1.29, 1.82) is 0 Å². The third kappa shape index (κ3) is 2.93. The molecule has 5 heteroatoms. The van der Waals surface area contributed by atoms with E-state index in [1.165, 1.54) is 23.9 Å². The summed E-state index contributed by atoms with van der Waals surface area (Å²) in [6.45, 7) is 0.476. The van der Waals surface area contributed by atoms with Gasteiger partial charge in [0.15, 0.2) is 0 Å². The zero-order valence-electron chi connectivity index (χ0n) is 11.1. The minimum atomic E-state index is -0.0786. The summed E-state index contributed by atoms with van der Waals surface area (Å²) in [5.74, 6) is 0. The molecular weight excluding hydrogens is 318 g/mol. The molecule has 0 amide bonds. The maximum absolute atomic E-state index is 12.1. The molecule has 2 aromatic rings. The van der Waals surface area contributed by atoms with Crippen LogP contribution in [0.1, 0.15) is 24.8 Å². The monoisotopic (exact) mass is 333 g/mol. The van der Waals surface area contributed by atoms with Gasteiger partial charge in [-0.2, -0.15) is 5.10 Å². The number of hydrogen-bond acceptors (Lipinski definition) is 3. The Hall–Kier alpha value is -1.62. The van der Waals surface area contributed by atoms with Crippen molar-refractivity contribution in [1.82, 2.24) is 9.78 Å². The highest BCUT2D eigenvalue weighted by atomic mass is 79.9. The van der Waals surface area contributed by atoms with Gasteiger partial charge in [-0.3, -0.25) is 4.79 Å². The molecule has 0 atom stereocenters. The molecule has 0 radical (unpaired) electrons. The fourth-order valence-corrected chi connectivity index (χ4v) is 2.62. The van der Waals surface area contributed by atoms with Crippen LogP contribution in [0.25, 0.3) is 0 Å². The molecule has 0 unspecified atom stereocenters. The van der Waals surface area contributed by atoms with Crippen LogP contribution in [0.15, 0.2) is 45.8 Å². The van der Waals surface area contributed by atoms with Gasteiger partial charge >= 0.3 is 0 Å². The molecule has 104 valence electrons. The maximum atomic E-state index is 12.1. The second-order valence-corrected chi connectivity index (χ2v) is 5.96. The summed E-state index contributed by atoms with van der Waals surface area (Å²) in [7, 11) is 0. The van der Waals surface area contributed by atoms with Gasteiger partial charge < -0.3 is 5.32 Å². The van der Waals surface area contributed by atoms with Gasteiger partial charge in [-0.25, -0.2) is 4.68 Å². The van der Waals surface area contributed by atoms with Crippen LogP contribution in [0.5, 0.6) is 0 Å². The van der Waals surface area contributed by atoms with Crippen LogP contribution in [0.2, 0.25) is 0 Å². The summed E-state index contributed by atoms with van der Waals surface area (Å²) in [6.07, 6.45) is 5.36. The summed E-state index contributed by atoms with van der Waals surface area (Å²) in [5, 5.41) is 7.58. The molecule has 0 spiro atoms. The fourth-order valence-electron chi connectivity index (χ4n) is 2.21. The lowest BCUT2D eigenvalue weighted by Gasteiger charge is -2.27. The number of rotatable bonds is 4. The minimum Gasteiger partial charge on any atom is -0.381 e. The highest BCUT2D eigenvalue weighted by Gasteiger charge is 2.17. The maximum Gasteiger partial charge on any atom is 0.269 e. The Morgan fingerprint density at radius 3 is 2.80 bits per heavy atom. The Kier molecular flexibility index (Phi) is 3.87. The third-order valence-electron chi connectivity index (χ3n) is 3.62. The molecular formula is C15H16BrN3O. The van der Waals surface area contributed by atoms with Gasteiger partial charge in [-0.15, -0.1) is 0 Å². The van der Waals surface area contributed by atoms with E-state index in [9.17, 15) is 4.79 Å². The van der Waals surface area contributed by atoms with Crippen LogP contribution in [0.3, 0.4) is 0 Å². The Morgan fingerprint density at radius 1 is 1.35 bits per heavy atom. The van der Waals surface area contributed by atoms with Gasteiger partial charge in [0.1, 0.15) is 0 Å². The summed E-state index contributed by atoms with van der Waals surface area (Å²) >= 11 is 3.49. The van der Waals surface area contributed by atoms with E-state index in [4.69, 9.17) is 0 Å². The Bertz CT molecular complexity index is 664. The van der Waals surface area contributed by atoms with Crippen LogP contribution in [-0.2, 0) is 6.54 Å². The first-order valence-corrected chi connectivity index (χ1v) is 7.59. The number of anilines is 1. The van der Waals surface area contributed by atoms with Crippen LogP contribution in [0, 0.1) is 0 Å². The van der Waals surface area contributed by atoms with Gasteiger partial charge in [0, 0.05) is 16.6 Å². The SMILES string of the molecule is O=c1cc(NC2CCC2)cnn1Cc1ccccc1Br. The van der Waals surface area contributed by atoms with E-state index in [0.717, 1.165) is 15.7 Å². The lowest BCUT2D eigenvalue weighted by atomic mass is 9.93. The predicted octanol–water partition coefficient (Wildman–Crippen LogP) is 3.02. The zero-order chi connectivity index (χ0) is 13.9. The van der Waals surface area contributed by atoms with E-state index in [-0.39, 0.29) is 5.56 Å². The van der Waals surface area contributed by atoms with Crippen LogP contribution in [0.4, 0.5) is 5.69 Å². The predicted molar refractivity (Wildman–Crippen MR) is 83.0 cm³/mol. The van der Waals surface area contributed by atoms with E-state index in [1.807, 2.05) is 24.3 Å². The molecule has 0 aliphatic heterocycles. The van der Waals surface area contributed by atoms with E-state index in [2.05, 4.69) is 26.3 Å². The second kappa shape index (κ2) is 5.79. The van der Waals surface area contributed by atoms with Gasteiger partial charge in [0.25, 0.3) is 5.56 Å². The number of hydrogen-bond donors (Lipinski definition) is 1. The van der Waals surface area contributed by atoms with Crippen molar-refractivity contribution in [2.45, 2.75) is 31.8 Å². The molecule has 1 aliphatic rings. The molecule has 1 fully saturated rings. The van der Waals surface area contributed by atoms with Crippen LogP contribution in [-0.4, -0.2) is 15.8 Å². The second-order valence-electron chi connectivity index (χ2n) is 5.10. The largest absolute Gasteiger partial charge is 0.381 e. The van der Waals surface area contributed by atoms with Gasteiger partial charge in [-0.05, 0) is 30.9 Å². The number of nitrogens with one attached hydrogen (secondary N) is 1. The molecule has 3 rings (SSSR count). The normalized spacial score (nSPS) is 14.8. The molecule has 1 N–H and O–H groups in total. The number of halogens is 1. The van der Waals surface area contributed by atoms with E-state index in [0.29, 0.717) is 12.6 Å². The highest BCUT2D eigenvalue weighted by molar-refractivity contribution is 9.10. The first kappa shape index (κ1) is 13.4. The lowest BCUT2D eigenvalue weighted by Crippen LogP contribution is -2.29. The van der Waals surface area contributed by atoms with Crippen molar-refractivity contribution in [3.63, 3.8) is 0 Å². The highest BCUT2D eigenvalue weighted by Crippen LogP contribution is 2.22. The molecule has 20 heavy (non-hydrogen) atoms. The van der Waals surface area contributed by atoms with E-state index in [1.54, 1.807) is 12.3 Å². The van der Waals surface area contributed by atoms with Crippen molar-refractivity contribution in [3.8, 4) is 0 Å². The van der Waals surface area contributed by atoms with Gasteiger partial charge in [-0.1, -0.05) is 34.1 Å². The van der Waals surface area contributed by atoms with Crippen molar-refractivity contribution in [2.24, 2.45) is 0 Å². The summed E-state index contributed by atoms with van der Waals surface area (Å²) in [6, 6.07) is 10.00. The first-order chi connectivity index (χ1) is 9.72. The van der Waals surface area contributed by atoms with Gasteiger partial charge in [0.05, 0.1) is 18.4 Å². The average Bonchev–Trinajstić information content (AvgIpc) is 2.39. The van der Waals surface area contributed by atoms with Crippen LogP contribution >= 0.6 is 15.9 Å². The van der Waals surface area contributed by atoms with Crippen molar-refractivity contribution >= 4 is 21.6 Å².